The molecular formula is C20H20N2O7. The number of rotatable bonds is 8. The van der Waals surface area contributed by atoms with Crippen molar-refractivity contribution in [3.8, 4) is 5.75 Å². The summed E-state index contributed by atoms with van der Waals surface area (Å²) in [6.07, 6.45) is -1.20. The summed E-state index contributed by atoms with van der Waals surface area (Å²) in [6.45, 7) is 4.62. The van der Waals surface area contributed by atoms with Crippen LogP contribution in [0, 0.1) is 10.1 Å². The molecule has 29 heavy (non-hydrogen) atoms. The Kier molecular flexibility index (Phi) is 7.02. The van der Waals surface area contributed by atoms with Crippen molar-refractivity contribution >= 4 is 29.0 Å². The summed E-state index contributed by atoms with van der Waals surface area (Å²) in [5.74, 6) is -1.75. The Bertz CT molecular complexity index is 956. The molecule has 2 rings (SSSR count). The highest BCUT2D eigenvalue weighted by Crippen LogP contribution is 2.28. The van der Waals surface area contributed by atoms with Gasteiger partial charge in [0.15, 0.2) is 17.6 Å². The molecule has 9 heteroatoms. The zero-order chi connectivity index (χ0) is 21.6. The molecule has 0 aromatic heterocycles. The van der Waals surface area contributed by atoms with Gasteiger partial charge in [0.2, 0.25) is 0 Å². The van der Waals surface area contributed by atoms with Gasteiger partial charge in [0.25, 0.3) is 5.91 Å². The SMILES string of the molecule is CCOc1ccc(C(=O)O[C@H](C)C(=O)Nc2ccccc2C(C)=O)cc1[N+](=O)[O-]. The summed E-state index contributed by atoms with van der Waals surface area (Å²) in [5.41, 5.74) is 0.142. The maximum Gasteiger partial charge on any atom is 0.339 e. The fraction of sp³-hybridized carbons (Fsp3) is 0.250. The van der Waals surface area contributed by atoms with Crippen molar-refractivity contribution in [2.24, 2.45) is 0 Å². The molecule has 1 amide bonds. The first-order valence-electron chi connectivity index (χ1n) is 8.77. The van der Waals surface area contributed by atoms with Crippen molar-refractivity contribution in [2.75, 3.05) is 11.9 Å². The molecule has 152 valence electrons. The lowest BCUT2D eigenvalue weighted by atomic mass is 10.1. The Morgan fingerprint density at radius 3 is 2.48 bits per heavy atom. The van der Waals surface area contributed by atoms with Crippen molar-refractivity contribution in [1.82, 2.24) is 0 Å². The maximum atomic E-state index is 12.3. The van der Waals surface area contributed by atoms with Gasteiger partial charge in [-0.2, -0.15) is 0 Å². The number of nitrogens with one attached hydrogen (secondary N) is 1. The normalized spacial score (nSPS) is 11.3. The first kappa shape index (κ1) is 21.5. The fourth-order valence-electron chi connectivity index (χ4n) is 2.48. The molecule has 0 heterocycles. The van der Waals surface area contributed by atoms with E-state index in [0.717, 1.165) is 6.07 Å². The summed E-state index contributed by atoms with van der Waals surface area (Å²) in [5, 5.41) is 13.7. The Morgan fingerprint density at radius 2 is 1.86 bits per heavy atom. The smallest absolute Gasteiger partial charge is 0.339 e. The Morgan fingerprint density at radius 1 is 1.17 bits per heavy atom. The van der Waals surface area contributed by atoms with Crippen molar-refractivity contribution in [3.63, 3.8) is 0 Å². The number of nitro benzene ring substituents is 1. The standard InChI is InChI=1S/C20H20N2O7/c1-4-28-18-10-9-14(11-17(18)22(26)27)20(25)29-13(3)19(24)21-16-8-6-5-7-15(16)12(2)23/h5-11,13H,4H2,1-3H3,(H,21,24)/t13-/m1/s1. The third kappa shape index (κ3) is 5.38. The maximum absolute atomic E-state index is 12.3. The number of Topliss-reactive ketones (excluding diaryl/α,β-unsaturated/α-hetero) is 1. The molecule has 0 saturated carbocycles. The molecule has 1 atom stereocenters. The summed E-state index contributed by atoms with van der Waals surface area (Å²) in [6, 6.07) is 10.1. The average Bonchev–Trinajstić information content (AvgIpc) is 2.68. The zero-order valence-corrected chi connectivity index (χ0v) is 16.1. The number of hydrogen-bond donors (Lipinski definition) is 1. The number of anilines is 1. The quantitative estimate of drug-likeness (QED) is 0.312. The van der Waals surface area contributed by atoms with Crippen LogP contribution in [0.3, 0.4) is 0 Å². The van der Waals surface area contributed by atoms with Gasteiger partial charge in [0, 0.05) is 11.6 Å². The number of carbonyl (C=O) groups is 3. The highest BCUT2D eigenvalue weighted by Gasteiger charge is 2.23. The lowest BCUT2D eigenvalue weighted by Gasteiger charge is -2.15. The molecule has 0 saturated heterocycles. The van der Waals surface area contributed by atoms with Gasteiger partial charge in [-0.3, -0.25) is 19.7 Å². The van der Waals surface area contributed by atoms with Crippen LogP contribution < -0.4 is 10.1 Å². The number of hydrogen-bond acceptors (Lipinski definition) is 7. The van der Waals surface area contributed by atoms with Gasteiger partial charge >= 0.3 is 11.7 Å². The van der Waals surface area contributed by atoms with E-state index in [1.54, 1.807) is 31.2 Å². The minimum Gasteiger partial charge on any atom is -0.487 e. The predicted octanol–water partition coefficient (Wildman–Crippen LogP) is 3.38. The van der Waals surface area contributed by atoms with Crippen molar-refractivity contribution in [3.05, 3.63) is 63.7 Å². The van der Waals surface area contributed by atoms with Gasteiger partial charge in [0.1, 0.15) is 0 Å². The second-order valence-electron chi connectivity index (χ2n) is 6.01. The van der Waals surface area contributed by atoms with E-state index >= 15 is 0 Å². The van der Waals surface area contributed by atoms with E-state index < -0.39 is 22.9 Å². The molecule has 0 aliphatic carbocycles. The van der Waals surface area contributed by atoms with Gasteiger partial charge in [-0.05, 0) is 45.0 Å². The monoisotopic (exact) mass is 400 g/mol. The molecule has 0 radical (unpaired) electrons. The van der Waals surface area contributed by atoms with E-state index in [1.165, 1.54) is 26.0 Å². The van der Waals surface area contributed by atoms with E-state index in [2.05, 4.69) is 5.32 Å². The van der Waals surface area contributed by atoms with Crippen LogP contribution in [-0.2, 0) is 9.53 Å². The van der Waals surface area contributed by atoms with Crippen LogP contribution in [0.1, 0.15) is 41.5 Å². The molecule has 2 aromatic rings. The Labute approximate surface area is 166 Å². The topological polar surface area (TPSA) is 125 Å². The molecule has 2 aromatic carbocycles. The predicted molar refractivity (Wildman–Crippen MR) is 104 cm³/mol. The first-order chi connectivity index (χ1) is 13.7. The second-order valence-corrected chi connectivity index (χ2v) is 6.01. The number of nitro groups is 1. The van der Waals surface area contributed by atoms with E-state index in [-0.39, 0.29) is 29.4 Å². The van der Waals surface area contributed by atoms with Crippen LogP contribution >= 0.6 is 0 Å². The van der Waals surface area contributed by atoms with Crippen LogP contribution in [0.2, 0.25) is 0 Å². The average molecular weight is 400 g/mol. The number of para-hydroxylation sites is 1. The third-order valence-corrected chi connectivity index (χ3v) is 3.91. The summed E-state index contributed by atoms with van der Waals surface area (Å²) in [4.78, 5) is 46.8. The zero-order valence-electron chi connectivity index (χ0n) is 16.1. The van der Waals surface area contributed by atoms with E-state index in [4.69, 9.17) is 9.47 Å². The van der Waals surface area contributed by atoms with Crippen LogP contribution in [0.4, 0.5) is 11.4 Å². The lowest BCUT2D eigenvalue weighted by Crippen LogP contribution is -2.30. The molecule has 0 aliphatic rings. The largest absolute Gasteiger partial charge is 0.487 e. The van der Waals surface area contributed by atoms with Gasteiger partial charge in [-0.15, -0.1) is 0 Å². The van der Waals surface area contributed by atoms with E-state index in [9.17, 15) is 24.5 Å². The fourth-order valence-corrected chi connectivity index (χ4v) is 2.48. The Hall–Kier alpha value is -3.75. The minimum atomic E-state index is -1.20. The Balaban J connectivity index is 2.12. The summed E-state index contributed by atoms with van der Waals surface area (Å²) in [7, 11) is 0. The molecule has 0 spiro atoms. The van der Waals surface area contributed by atoms with Gasteiger partial charge in [-0.1, -0.05) is 12.1 Å². The van der Waals surface area contributed by atoms with Crippen LogP contribution in [-0.4, -0.2) is 35.3 Å². The van der Waals surface area contributed by atoms with Crippen LogP contribution in [0.25, 0.3) is 0 Å². The molecular weight excluding hydrogens is 380 g/mol. The number of carbonyl (C=O) groups excluding carboxylic acids is 3. The third-order valence-electron chi connectivity index (χ3n) is 3.91. The van der Waals surface area contributed by atoms with Gasteiger partial charge < -0.3 is 14.8 Å². The van der Waals surface area contributed by atoms with Crippen molar-refractivity contribution in [2.45, 2.75) is 26.9 Å². The molecule has 9 nitrogen and oxygen atoms in total. The summed E-state index contributed by atoms with van der Waals surface area (Å²) >= 11 is 0. The highest BCUT2D eigenvalue weighted by molar-refractivity contribution is 6.05. The first-order valence-corrected chi connectivity index (χ1v) is 8.77. The number of ether oxygens (including phenoxy) is 2. The van der Waals surface area contributed by atoms with E-state index in [0.29, 0.717) is 11.3 Å². The van der Waals surface area contributed by atoms with Gasteiger partial charge in [0.05, 0.1) is 22.8 Å². The number of benzene rings is 2. The van der Waals surface area contributed by atoms with E-state index in [1.807, 2.05) is 0 Å². The number of amides is 1. The molecule has 0 unspecified atom stereocenters. The number of nitrogens with zero attached hydrogens (tertiary/aromatic N) is 1. The van der Waals surface area contributed by atoms with Crippen molar-refractivity contribution in [1.29, 1.82) is 0 Å². The van der Waals surface area contributed by atoms with Crippen molar-refractivity contribution < 1.29 is 28.8 Å². The van der Waals surface area contributed by atoms with Gasteiger partial charge in [-0.25, -0.2) is 4.79 Å². The molecule has 1 N–H and O–H groups in total. The molecule has 0 aliphatic heterocycles. The van der Waals surface area contributed by atoms with Crippen LogP contribution in [0.15, 0.2) is 42.5 Å². The number of esters is 1. The summed E-state index contributed by atoms with van der Waals surface area (Å²) < 4.78 is 10.3. The number of ketones is 1. The highest BCUT2D eigenvalue weighted by atomic mass is 16.6. The molecule has 0 fully saturated rings. The lowest BCUT2D eigenvalue weighted by molar-refractivity contribution is -0.385. The minimum absolute atomic E-state index is 0.0284. The molecule has 0 bridgehead atoms. The second kappa shape index (κ2) is 9.45. The van der Waals surface area contributed by atoms with Crippen LogP contribution in [0.5, 0.6) is 5.75 Å².